The number of benzene rings is 2. The van der Waals surface area contributed by atoms with E-state index in [4.69, 9.17) is 0 Å². The summed E-state index contributed by atoms with van der Waals surface area (Å²) in [7, 11) is 1.83. The molecule has 0 aromatic heterocycles. The van der Waals surface area contributed by atoms with Crippen LogP contribution in [0.3, 0.4) is 0 Å². The van der Waals surface area contributed by atoms with Crippen molar-refractivity contribution in [1.82, 2.24) is 15.5 Å². The lowest BCUT2D eigenvalue weighted by atomic mass is 10.1. The van der Waals surface area contributed by atoms with Crippen LogP contribution in [0.4, 0.5) is 0 Å². The summed E-state index contributed by atoms with van der Waals surface area (Å²) in [4.78, 5) is 8.16. The lowest BCUT2D eigenvalue weighted by Gasteiger charge is -2.29. The van der Waals surface area contributed by atoms with Crippen LogP contribution in [0, 0.1) is 0 Å². The second-order valence-corrected chi connectivity index (χ2v) is 10.2. The second kappa shape index (κ2) is 12.3. The number of rotatable bonds is 8. The summed E-state index contributed by atoms with van der Waals surface area (Å²) < 4.78 is 0.297. The number of piperidine rings is 1. The standard InChI is InChI=1S/C25H34N4OS.HI/c1-26-24(28-19-25(13-14-25)31-23-5-3-2-4-6-23)27-17-20-7-9-21(10-8-20)18-29-15-11-22(30)12-16-29;/h2-10,22,30H,11-19H2,1H3,(H2,26,27,28);1H. The molecular formula is C25H35IN4OS. The van der Waals surface area contributed by atoms with E-state index in [9.17, 15) is 5.11 Å². The number of thioether (sulfide) groups is 1. The van der Waals surface area contributed by atoms with Gasteiger partial charge in [-0.1, -0.05) is 42.5 Å². The summed E-state index contributed by atoms with van der Waals surface area (Å²) in [6.07, 6.45) is 4.15. The van der Waals surface area contributed by atoms with E-state index in [1.165, 1.54) is 28.9 Å². The van der Waals surface area contributed by atoms with Crippen LogP contribution < -0.4 is 10.6 Å². The predicted molar refractivity (Wildman–Crippen MR) is 145 cm³/mol. The van der Waals surface area contributed by atoms with Crippen LogP contribution in [0.25, 0.3) is 0 Å². The van der Waals surface area contributed by atoms with Gasteiger partial charge in [-0.3, -0.25) is 9.89 Å². The monoisotopic (exact) mass is 566 g/mol. The molecule has 5 nitrogen and oxygen atoms in total. The average Bonchev–Trinajstić information content (AvgIpc) is 3.56. The highest BCUT2D eigenvalue weighted by Crippen LogP contribution is 2.51. The molecule has 32 heavy (non-hydrogen) atoms. The van der Waals surface area contributed by atoms with Crippen molar-refractivity contribution in [3.8, 4) is 0 Å². The largest absolute Gasteiger partial charge is 0.393 e. The third-order valence-corrected chi connectivity index (χ3v) is 7.63. The van der Waals surface area contributed by atoms with Crippen molar-refractivity contribution >= 4 is 41.7 Å². The van der Waals surface area contributed by atoms with E-state index < -0.39 is 0 Å². The zero-order valence-corrected chi connectivity index (χ0v) is 21.9. The highest BCUT2D eigenvalue weighted by molar-refractivity contribution is 14.0. The van der Waals surface area contributed by atoms with Gasteiger partial charge in [0.25, 0.3) is 0 Å². The van der Waals surface area contributed by atoms with Gasteiger partial charge in [0.1, 0.15) is 0 Å². The van der Waals surface area contributed by atoms with Gasteiger partial charge in [-0.05, 0) is 48.9 Å². The number of aliphatic imine (C=N–C) groups is 1. The Kier molecular flexibility index (Phi) is 9.70. The molecule has 1 aliphatic carbocycles. The van der Waals surface area contributed by atoms with Crippen molar-refractivity contribution in [2.75, 3.05) is 26.7 Å². The lowest BCUT2D eigenvalue weighted by Crippen LogP contribution is -2.40. The summed E-state index contributed by atoms with van der Waals surface area (Å²) in [5, 5.41) is 16.6. The number of guanidine groups is 1. The SMILES string of the molecule is CN=C(NCc1ccc(CN2CCC(O)CC2)cc1)NCC1(Sc2ccccc2)CC1.I. The number of hydrogen-bond acceptors (Lipinski definition) is 4. The number of aliphatic hydroxyl groups excluding tert-OH is 1. The zero-order valence-electron chi connectivity index (χ0n) is 18.8. The Balaban J connectivity index is 0.00000289. The molecule has 1 saturated heterocycles. The minimum absolute atomic E-state index is 0. The maximum atomic E-state index is 9.66. The van der Waals surface area contributed by atoms with Crippen molar-refractivity contribution in [2.24, 2.45) is 4.99 Å². The Morgan fingerprint density at radius 2 is 1.69 bits per heavy atom. The molecule has 4 rings (SSSR count). The van der Waals surface area contributed by atoms with Gasteiger partial charge in [0.15, 0.2) is 5.96 Å². The molecular weight excluding hydrogens is 531 g/mol. The van der Waals surface area contributed by atoms with Crippen LogP contribution in [-0.4, -0.2) is 53.5 Å². The van der Waals surface area contributed by atoms with Gasteiger partial charge >= 0.3 is 0 Å². The molecule has 0 radical (unpaired) electrons. The lowest BCUT2D eigenvalue weighted by molar-refractivity contribution is 0.0792. The molecule has 0 amide bonds. The fourth-order valence-corrected chi connectivity index (χ4v) is 5.19. The topological polar surface area (TPSA) is 59.9 Å². The quantitative estimate of drug-likeness (QED) is 0.254. The summed E-state index contributed by atoms with van der Waals surface area (Å²) in [5.74, 6) is 0.857. The van der Waals surface area contributed by atoms with E-state index in [-0.39, 0.29) is 30.1 Å². The van der Waals surface area contributed by atoms with Crippen LogP contribution >= 0.6 is 35.7 Å². The van der Waals surface area contributed by atoms with Crippen molar-refractivity contribution in [1.29, 1.82) is 0 Å². The minimum atomic E-state index is -0.112. The van der Waals surface area contributed by atoms with Gasteiger partial charge in [-0.2, -0.15) is 0 Å². The molecule has 2 aromatic rings. The number of halogens is 1. The van der Waals surface area contributed by atoms with Crippen molar-refractivity contribution in [3.05, 3.63) is 65.7 Å². The fraction of sp³-hybridized carbons (Fsp3) is 0.480. The maximum Gasteiger partial charge on any atom is 0.191 e. The molecule has 1 aliphatic heterocycles. The molecule has 0 unspecified atom stereocenters. The first-order valence-corrected chi connectivity index (χ1v) is 12.1. The third kappa shape index (κ3) is 7.64. The average molecular weight is 567 g/mol. The first-order chi connectivity index (χ1) is 15.1. The van der Waals surface area contributed by atoms with Crippen LogP contribution in [0.1, 0.15) is 36.8 Å². The maximum absolute atomic E-state index is 9.66. The zero-order chi connectivity index (χ0) is 21.5. The van der Waals surface area contributed by atoms with Crippen LogP contribution in [0.5, 0.6) is 0 Å². The second-order valence-electron chi connectivity index (χ2n) is 8.70. The summed E-state index contributed by atoms with van der Waals surface area (Å²) >= 11 is 1.98. The molecule has 2 aromatic carbocycles. The Morgan fingerprint density at radius 1 is 1.03 bits per heavy atom. The Labute approximate surface area is 213 Å². The molecule has 2 aliphatic rings. The van der Waals surface area contributed by atoms with Crippen molar-refractivity contribution < 1.29 is 5.11 Å². The first kappa shape index (κ1) is 25.3. The van der Waals surface area contributed by atoms with Gasteiger partial charge in [-0.25, -0.2) is 0 Å². The van der Waals surface area contributed by atoms with E-state index in [0.29, 0.717) is 4.75 Å². The Bertz CT molecular complexity index is 850. The summed E-state index contributed by atoms with van der Waals surface area (Å²) in [5.41, 5.74) is 2.58. The molecule has 174 valence electrons. The normalized spacial score (nSPS) is 18.6. The van der Waals surface area contributed by atoms with Gasteiger partial charge < -0.3 is 15.7 Å². The van der Waals surface area contributed by atoms with Crippen LogP contribution in [-0.2, 0) is 13.1 Å². The Hall–Kier alpha value is -1.29. The molecule has 2 fully saturated rings. The number of nitrogens with zero attached hydrogens (tertiary/aromatic N) is 2. The van der Waals surface area contributed by atoms with Crippen molar-refractivity contribution in [3.63, 3.8) is 0 Å². The van der Waals surface area contributed by atoms with E-state index in [2.05, 4.69) is 75.1 Å². The molecule has 1 heterocycles. The fourth-order valence-electron chi connectivity index (χ4n) is 3.94. The van der Waals surface area contributed by atoms with Gasteiger partial charge in [0.05, 0.1) is 6.10 Å². The first-order valence-electron chi connectivity index (χ1n) is 11.3. The van der Waals surface area contributed by atoms with E-state index in [1.54, 1.807) is 0 Å². The summed E-state index contributed by atoms with van der Waals surface area (Å²) in [6, 6.07) is 19.5. The molecule has 7 heteroatoms. The third-order valence-electron chi connectivity index (χ3n) is 6.13. The number of nitrogens with one attached hydrogen (secondary N) is 2. The summed E-state index contributed by atoms with van der Waals surface area (Å²) in [6.45, 7) is 4.61. The molecule has 1 saturated carbocycles. The smallest absolute Gasteiger partial charge is 0.191 e. The molecule has 3 N–H and O–H groups in total. The highest BCUT2D eigenvalue weighted by atomic mass is 127. The van der Waals surface area contributed by atoms with E-state index in [0.717, 1.165) is 51.5 Å². The molecule has 0 bridgehead atoms. The van der Waals surface area contributed by atoms with Crippen LogP contribution in [0.15, 0.2) is 64.5 Å². The van der Waals surface area contributed by atoms with Crippen LogP contribution in [0.2, 0.25) is 0 Å². The van der Waals surface area contributed by atoms with Gasteiger partial charge in [-0.15, -0.1) is 35.7 Å². The number of likely N-dealkylation sites (tertiary alicyclic amines) is 1. The van der Waals surface area contributed by atoms with E-state index in [1.807, 2.05) is 18.8 Å². The van der Waals surface area contributed by atoms with E-state index >= 15 is 0 Å². The van der Waals surface area contributed by atoms with Crippen molar-refractivity contribution in [2.45, 2.75) is 54.5 Å². The Morgan fingerprint density at radius 3 is 2.31 bits per heavy atom. The predicted octanol–water partition coefficient (Wildman–Crippen LogP) is 4.25. The minimum Gasteiger partial charge on any atom is -0.393 e. The van der Waals surface area contributed by atoms with Gasteiger partial charge in [0.2, 0.25) is 0 Å². The van der Waals surface area contributed by atoms with Gasteiger partial charge in [0, 0.05) is 49.4 Å². The highest BCUT2D eigenvalue weighted by Gasteiger charge is 2.43. The molecule has 0 atom stereocenters. The number of aliphatic hydroxyl groups is 1. The molecule has 0 spiro atoms. The number of hydrogen-bond donors (Lipinski definition) is 3.